The average molecular weight is 520 g/mol. The Morgan fingerprint density at radius 1 is 1.06 bits per heavy atom. The maximum Gasteiger partial charge on any atom is 0.416 e. The predicted molar refractivity (Wildman–Crippen MR) is 130 cm³/mol. The van der Waals surface area contributed by atoms with E-state index in [0.29, 0.717) is 22.8 Å². The predicted octanol–water partition coefficient (Wildman–Crippen LogP) is 6.31. The molecule has 3 rings (SSSR count). The molecule has 0 spiro atoms. The van der Waals surface area contributed by atoms with Crippen molar-refractivity contribution in [3.8, 4) is 5.75 Å². The molecule has 2 N–H and O–H groups in total. The monoisotopic (exact) mass is 519 g/mol. The Morgan fingerprint density at radius 2 is 1.72 bits per heavy atom. The highest BCUT2D eigenvalue weighted by Crippen LogP contribution is 2.37. The van der Waals surface area contributed by atoms with Crippen molar-refractivity contribution in [3.63, 3.8) is 0 Å². The lowest BCUT2D eigenvalue weighted by atomic mass is 10.0. The second-order valence-electron chi connectivity index (χ2n) is 8.21. The van der Waals surface area contributed by atoms with Crippen LogP contribution in [0.1, 0.15) is 42.0 Å². The molecule has 0 aliphatic rings. The fraction of sp³-hybridized carbons (Fsp3) is 0.192. The van der Waals surface area contributed by atoms with Crippen LogP contribution in [0.15, 0.2) is 77.7 Å². The van der Waals surface area contributed by atoms with Crippen LogP contribution >= 0.6 is 0 Å². The van der Waals surface area contributed by atoms with Crippen LogP contribution in [0.4, 0.5) is 18.9 Å². The second-order valence-corrected chi connectivity index (χ2v) is 9.86. The zero-order chi connectivity index (χ0) is 26.5. The van der Waals surface area contributed by atoms with E-state index < -0.39 is 27.7 Å². The number of sulfonamides is 1. The van der Waals surface area contributed by atoms with Crippen LogP contribution in [0.2, 0.25) is 0 Å². The molecule has 0 fully saturated rings. The molecule has 6 nitrogen and oxygen atoms in total. The minimum Gasteiger partial charge on any atom is -0.487 e. The Balaban J connectivity index is 1.91. The molecule has 36 heavy (non-hydrogen) atoms. The van der Waals surface area contributed by atoms with Gasteiger partial charge in [-0.15, -0.1) is 0 Å². The smallest absolute Gasteiger partial charge is 0.416 e. The van der Waals surface area contributed by atoms with Gasteiger partial charge in [-0.25, -0.2) is 13.2 Å². The average Bonchev–Trinajstić information content (AvgIpc) is 2.81. The molecule has 0 aromatic heterocycles. The first-order chi connectivity index (χ1) is 16.9. The summed E-state index contributed by atoms with van der Waals surface area (Å²) in [5.41, 5.74) is 0.425. The van der Waals surface area contributed by atoms with Gasteiger partial charge in [-0.1, -0.05) is 56.3 Å². The van der Waals surface area contributed by atoms with Gasteiger partial charge in [0.25, 0.3) is 10.0 Å². The molecule has 0 heterocycles. The number of hydrogen-bond acceptors (Lipinski definition) is 4. The van der Waals surface area contributed by atoms with Crippen molar-refractivity contribution in [2.75, 3.05) is 4.72 Å². The molecule has 0 aliphatic carbocycles. The van der Waals surface area contributed by atoms with Crippen molar-refractivity contribution in [2.24, 2.45) is 0 Å². The lowest BCUT2D eigenvalue weighted by Crippen LogP contribution is -2.17. The number of anilines is 1. The van der Waals surface area contributed by atoms with Crippen LogP contribution in [0.5, 0.6) is 5.75 Å². The number of halogens is 3. The van der Waals surface area contributed by atoms with Crippen molar-refractivity contribution >= 4 is 27.8 Å². The van der Waals surface area contributed by atoms with Gasteiger partial charge in [-0.05, 0) is 52.9 Å². The van der Waals surface area contributed by atoms with Gasteiger partial charge in [0, 0.05) is 6.08 Å². The van der Waals surface area contributed by atoms with Crippen LogP contribution in [0, 0.1) is 0 Å². The standard InChI is InChI=1S/C26H24F3NO5S/c1-17(2)21-5-3-4-6-24(21)36(33,34)30-22-15-20(26(27,28)29)12-13-23(22)35-16-19-9-7-18(8-10-19)11-14-25(31)32/h3-15,17,30H,16H2,1-2H3,(H,31,32)/b14-11+. The van der Waals surface area contributed by atoms with E-state index in [-0.39, 0.29) is 28.9 Å². The Kier molecular flexibility index (Phi) is 8.09. The number of carboxylic acid groups (broad SMARTS) is 1. The molecule has 0 radical (unpaired) electrons. The van der Waals surface area contributed by atoms with Crippen LogP contribution < -0.4 is 9.46 Å². The maximum atomic E-state index is 13.4. The molecule has 0 unspecified atom stereocenters. The van der Waals surface area contributed by atoms with Crippen LogP contribution in [0.3, 0.4) is 0 Å². The molecule has 3 aromatic rings. The highest BCUT2D eigenvalue weighted by atomic mass is 32.2. The summed E-state index contributed by atoms with van der Waals surface area (Å²) in [7, 11) is -4.23. The molecule has 10 heteroatoms. The molecule has 0 saturated heterocycles. The van der Waals surface area contributed by atoms with E-state index >= 15 is 0 Å². The fourth-order valence-corrected chi connectivity index (χ4v) is 4.80. The number of alkyl halides is 3. The van der Waals surface area contributed by atoms with E-state index in [4.69, 9.17) is 9.84 Å². The zero-order valence-electron chi connectivity index (χ0n) is 19.4. The van der Waals surface area contributed by atoms with E-state index in [9.17, 15) is 26.4 Å². The van der Waals surface area contributed by atoms with E-state index in [1.165, 1.54) is 12.1 Å². The van der Waals surface area contributed by atoms with Crippen molar-refractivity contribution in [3.05, 3.63) is 95.1 Å². The lowest BCUT2D eigenvalue weighted by Gasteiger charge is -2.18. The van der Waals surface area contributed by atoms with Crippen molar-refractivity contribution < 1.29 is 36.2 Å². The number of aliphatic carboxylic acids is 1. The second kappa shape index (κ2) is 10.9. The zero-order valence-corrected chi connectivity index (χ0v) is 20.2. The van der Waals surface area contributed by atoms with Gasteiger partial charge >= 0.3 is 12.1 Å². The van der Waals surface area contributed by atoms with Gasteiger partial charge in [0.1, 0.15) is 12.4 Å². The summed E-state index contributed by atoms with van der Waals surface area (Å²) in [6, 6.07) is 15.5. The maximum absolute atomic E-state index is 13.4. The highest BCUT2D eigenvalue weighted by Gasteiger charge is 2.32. The van der Waals surface area contributed by atoms with Crippen molar-refractivity contribution in [1.29, 1.82) is 0 Å². The van der Waals surface area contributed by atoms with Crippen LogP contribution in [-0.2, 0) is 27.6 Å². The summed E-state index contributed by atoms with van der Waals surface area (Å²) in [5, 5.41) is 8.70. The Labute approximate surface area is 207 Å². The summed E-state index contributed by atoms with van der Waals surface area (Å²) < 4.78 is 74.4. The fourth-order valence-electron chi connectivity index (χ4n) is 3.37. The molecule has 0 saturated carbocycles. The SMILES string of the molecule is CC(C)c1ccccc1S(=O)(=O)Nc1cc(C(F)(F)F)ccc1OCc1ccc(/C=C/C(=O)O)cc1. The molecule has 0 aliphatic heterocycles. The third kappa shape index (κ3) is 6.88. The summed E-state index contributed by atoms with van der Waals surface area (Å²) in [6.07, 6.45) is -2.29. The molecule has 0 amide bonds. The molecular weight excluding hydrogens is 495 g/mol. The van der Waals surface area contributed by atoms with E-state index in [1.807, 2.05) is 13.8 Å². The minimum absolute atomic E-state index is 0.0339. The topological polar surface area (TPSA) is 92.7 Å². The van der Waals surface area contributed by atoms with E-state index in [0.717, 1.165) is 18.2 Å². The summed E-state index contributed by atoms with van der Waals surface area (Å²) in [4.78, 5) is 10.6. The summed E-state index contributed by atoms with van der Waals surface area (Å²) in [5.74, 6) is -1.30. The number of carboxylic acids is 1. The van der Waals surface area contributed by atoms with Crippen molar-refractivity contribution in [2.45, 2.75) is 37.4 Å². The quantitative estimate of drug-likeness (QED) is 0.324. The first kappa shape index (κ1) is 26.8. The largest absolute Gasteiger partial charge is 0.487 e. The Bertz CT molecular complexity index is 1370. The van der Waals surface area contributed by atoms with Gasteiger partial charge in [-0.3, -0.25) is 4.72 Å². The number of rotatable bonds is 9. The number of nitrogens with one attached hydrogen (secondary N) is 1. The minimum atomic E-state index is -4.69. The summed E-state index contributed by atoms with van der Waals surface area (Å²) >= 11 is 0. The van der Waals surface area contributed by atoms with Gasteiger partial charge in [0.15, 0.2) is 0 Å². The highest BCUT2D eigenvalue weighted by molar-refractivity contribution is 7.92. The van der Waals surface area contributed by atoms with Gasteiger partial charge < -0.3 is 9.84 Å². The van der Waals surface area contributed by atoms with Gasteiger partial charge in [0.05, 0.1) is 16.1 Å². The third-order valence-electron chi connectivity index (χ3n) is 5.17. The molecular formula is C26H24F3NO5S. The van der Waals surface area contributed by atoms with Crippen LogP contribution in [-0.4, -0.2) is 19.5 Å². The Hall–Kier alpha value is -3.79. The number of hydrogen-bond donors (Lipinski definition) is 2. The third-order valence-corrected chi connectivity index (χ3v) is 6.61. The number of carbonyl (C=O) groups is 1. The first-order valence-electron chi connectivity index (χ1n) is 10.8. The van der Waals surface area contributed by atoms with Gasteiger partial charge in [-0.2, -0.15) is 13.2 Å². The van der Waals surface area contributed by atoms with Crippen molar-refractivity contribution in [1.82, 2.24) is 0 Å². The number of benzene rings is 3. The van der Waals surface area contributed by atoms with E-state index in [1.54, 1.807) is 42.5 Å². The molecule has 190 valence electrons. The normalized spacial score (nSPS) is 12.2. The van der Waals surface area contributed by atoms with Gasteiger partial charge in [0.2, 0.25) is 0 Å². The molecule has 0 atom stereocenters. The summed E-state index contributed by atoms with van der Waals surface area (Å²) in [6.45, 7) is 3.57. The molecule has 0 bridgehead atoms. The lowest BCUT2D eigenvalue weighted by molar-refractivity contribution is -0.137. The first-order valence-corrected chi connectivity index (χ1v) is 12.3. The molecule has 3 aromatic carbocycles. The van der Waals surface area contributed by atoms with Crippen LogP contribution in [0.25, 0.3) is 6.08 Å². The van der Waals surface area contributed by atoms with E-state index in [2.05, 4.69) is 4.72 Å². The Morgan fingerprint density at radius 3 is 2.33 bits per heavy atom. The number of ether oxygens (including phenoxy) is 1.